The van der Waals surface area contributed by atoms with Crippen LogP contribution < -0.4 is 15.4 Å². The summed E-state index contributed by atoms with van der Waals surface area (Å²) in [4.78, 5) is 16.3. The number of ether oxygens (including phenoxy) is 2. The number of aromatic nitrogens is 1. The Labute approximate surface area is 138 Å². The molecule has 2 N–H and O–H groups in total. The van der Waals surface area contributed by atoms with Crippen molar-refractivity contribution < 1.29 is 14.3 Å². The van der Waals surface area contributed by atoms with E-state index in [9.17, 15) is 4.79 Å². The van der Waals surface area contributed by atoms with E-state index in [1.54, 1.807) is 7.11 Å². The predicted molar refractivity (Wildman–Crippen MR) is 88.4 cm³/mol. The Balaban J connectivity index is 1.85. The highest BCUT2D eigenvalue weighted by atomic mass is 16.6. The van der Waals surface area contributed by atoms with Crippen molar-refractivity contribution in [2.75, 3.05) is 7.11 Å². The van der Waals surface area contributed by atoms with Crippen molar-refractivity contribution in [3.63, 3.8) is 0 Å². The molecule has 0 aliphatic heterocycles. The van der Waals surface area contributed by atoms with E-state index in [0.29, 0.717) is 12.4 Å². The van der Waals surface area contributed by atoms with Gasteiger partial charge in [0.2, 0.25) is 5.88 Å². The maximum Gasteiger partial charge on any atom is 0.407 e. The first-order chi connectivity index (χ1) is 10.9. The number of alkyl carbamates (subject to hydrolysis) is 1. The number of rotatable bonds is 5. The van der Waals surface area contributed by atoms with Gasteiger partial charge in [0.05, 0.1) is 12.8 Å². The van der Waals surface area contributed by atoms with Gasteiger partial charge >= 0.3 is 6.09 Å². The molecule has 0 bridgehead atoms. The molecule has 0 radical (unpaired) electrons. The van der Waals surface area contributed by atoms with E-state index in [1.807, 2.05) is 39.0 Å². The van der Waals surface area contributed by atoms with Gasteiger partial charge < -0.3 is 20.1 Å². The number of carbonyl (C=O) groups excluding carboxylic acids is 1. The Hall–Kier alpha value is -1.82. The highest BCUT2D eigenvalue weighted by Gasteiger charge is 2.29. The van der Waals surface area contributed by atoms with Crippen molar-refractivity contribution >= 4 is 6.09 Å². The Bertz CT molecular complexity index is 528. The van der Waals surface area contributed by atoms with Crippen molar-refractivity contribution in [2.24, 2.45) is 0 Å². The number of methoxy groups -OCH3 is 1. The average molecular weight is 321 g/mol. The molecule has 1 aromatic rings. The molecule has 2 atom stereocenters. The van der Waals surface area contributed by atoms with Gasteiger partial charge in [-0.1, -0.05) is 6.07 Å². The number of hydrogen-bond acceptors (Lipinski definition) is 5. The Morgan fingerprint density at radius 3 is 2.74 bits per heavy atom. The standard InChI is InChI=1S/C17H27N3O3/c1-17(2,3)23-16(21)20-14-9-6-8-13(14)18-11-12-7-5-10-15(19-12)22-4/h5,7,10,13-14,18H,6,8-9,11H2,1-4H3,(H,20,21). The van der Waals surface area contributed by atoms with E-state index >= 15 is 0 Å². The average Bonchev–Trinajstić information content (AvgIpc) is 2.90. The highest BCUT2D eigenvalue weighted by Crippen LogP contribution is 2.20. The molecule has 0 aromatic carbocycles. The van der Waals surface area contributed by atoms with Gasteiger partial charge in [0.25, 0.3) is 0 Å². The van der Waals surface area contributed by atoms with Crippen molar-refractivity contribution in [1.82, 2.24) is 15.6 Å². The van der Waals surface area contributed by atoms with Gasteiger partial charge in [-0.15, -0.1) is 0 Å². The number of nitrogens with zero attached hydrogens (tertiary/aromatic N) is 1. The predicted octanol–water partition coefficient (Wildman–Crippen LogP) is 2.63. The van der Waals surface area contributed by atoms with Gasteiger partial charge in [-0.25, -0.2) is 9.78 Å². The van der Waals surface area contributed by atoms with E-state index in [-0.39, 0.29) is 18.2 Å². The minimum absolute atomic E-state index is 0.0930. The molecule has 6 nitrogen and oxygen atoms in total. The van der Waals surface area contributed by atoms with Gasteiger partial charge in [-0.2, -0.15) is 0 Å². The quantitative estimate of drug-likeness (QED) is 0.872. The fourth-order valence-corrected chi connectivity index (χ4v) is 2.74. The lowest BCUT2D eigenvalue weighted by molar-refractivity contribution is 0.0498. The normalized spacial score (nSPS) is 21.0. The largest absolute Gasteiger partial charge is 0.481 e. The van der Waals surface area contributed by atoms with Crippen LogP contribution in [0.4, 0.5) is 4.79 Å². The van der Waals surface area contributed by atoms with Crippen molar-refractivity contribution in [3.05, 3.63) is 23.9 Å². The monoisotopic (exact) mass is 321 g/mol. The second-order valence-electron chi connectivity index (χ2n) is 6.84. The summed E-state index contributed by atoms with van der Waals surface area (Å²) in [6.45, 7) is 6.25. The van der Waals surface area contributed by atoms with Crippen molar-refractivity contribution in [1.29, 1.82) is 0 Å². The zero-order chi connectivity index (χ0) is 16.9. The molecule has 6 heteroatoms. The van der Waals surface area contributed by atoms with Crippen molar-refractivity contribution in [3.8, 4) is 5.88 Å². The van der Waals surface area contributed by atoms with E-state index in [2.05, 4.69) is 15.6 Å². The zero-order valence-corrected chi connectivity index (χ0v) is 14.4. The first-order valence-electron chi connectivity index (χ1n) is 8.10. The van der Waals surface area contributed by atoms with Gasteiger partial charge in [0.1, 0.15) is 5.60 Å². The van der Waals surface area contributed by atoms with Crippen LogP contribution in [0.15, 0.2) is 18.2 Å². The van der Waals surface area contributed by atoms with Gasteiger partial charge in [-0.3, -0.25) is 0 Å². The first-order valence-corrected chi connectivity index (χ1v) is 8.10. The summed E-state index contributed by atoms with van der Waals surface area (Å²) in [6, 6.07) is 6.03. The number of nitrogens with one attached hydrogen (secondary N) is 2. The Morgan fingerprint density at radius 1 is 1.30 bits per heavy atom. The lowest BCUT2D eigenvalue weighted by Gasteiger charge is -2.25. The molecule has 1 aromatic heterocycles. The van der Waals surface area contributed by atoms with Crippen LogP contribution in [0.2, 0.25) is 0 Å². The molecule has 2 rings (SSSR count). The molecule has 23 heavy (non-hydrogen) atoms. The van der Waals surface area contributed by atoms with E-state index < -0.39 is 5.60 Å². The second kappa shape index (κ2) is 7.64. The minimum Gasteiger partial charge on any atom is -0.481 e. The highest BCUT2D eigenvalue weighted by molar-refractivity contribution is 5.68. The summed E-state index contributed by atoms with van der Waals surface area (Å²) >= 11 is 0. The molecule has 1 fully saturated rings. The fraction of sp³-hybridized carbons (Fsp3) is 0.647. The lowest BCUT2D eigenvalue weighted by Crippen LogP contribution is -2.47. The number of amides is 1. The molecular formula is C17H27N3O3. The van der Waals surface area contributed by atoms with Crippen LogP contribution in [-0.2, 0) is 11.3 Å². The zero-order valence-electron chi connectivity index (χ0n) is 14.4. The molecule has 1 amide bonds. The number of pyridine rings is 1. The Morgan fingerprint density at radius 2 is 2.04 bits per heavy atom. The molecule has 2 unspecified atom stereocenters. The third kappa shape index (κ3) is 5.71. The first kappa shape index (κ1) is 17.5. The van der Waals surface area contributed by atoms with Gasteiger partial charge in [-0.05, 0) is 46.1 Å². The summed E-state index contributed by atoms with van der Waals surface area (Å²) in [5, 5.41) is 6.45. The van der Waals surface area contributed by atoms with Crippen molar-refractivity contribution in [2.45, 2.75) is 64.3 Å². The number of carbonyl (C=O) groups is 1. The molecule has 1 aliphatic rings. The molecule has 128 valence electrons. The van der Waals surface area contributed by atoms with Gasteiger partial charge in [0.15, 0.2) is 0 Å². The van der Waals surface area contributed by atoms with E-state index in [4.69, 9.17) is 9.47 Å². The van der Waals surface area contributed by atoms with E-state index in [1.165, 1.54) is 0 Å². The molecular weight excluding hydrogens is 294 g/mol. The lowest BCUT2D eigenvalue weighted by atomic mass is 10.1. The summed E-state index contributed by atoms with van der Waals surface area (Å²) in [5.41, 5.74) is 0.447. The van der Waals surface area contributed by atoms with Crippen LogP contribution in [0.1, 0.15) is 45.7 Å². The van der Waals surface area contributed by atoms with Gasteiger partial charge in [0, 0.05) is 24.7 Å². The maximum absolute atomic E-state index is 11.9. The molecule has 1 aliphatic carbocycles. The Kier molecular flexibility index (Phi) is 5.82. The topological polar surface area (TPSA) is 72.5 Å². The van der Waals surface area contributed by atoms with E-state index in [0.717, 1.165) is 25.0 Å². The third-order valence-electron chi connectivity index (χ3n) is 3.75. The van der Waals surface area contributed by atoms with Crippen LogP contribution in [-0.4, -0.2) is 35.9 Å². The second-order valence-corrected chi connectivity index (χ2v) is 6.84. The minimum atomic E-state index is -0.476. The van der Waals surface area contributed by atoms with Crippen LogP contribution >= 0.6 is 0 Å². The summed E-state index contributed by atoms with van der Waals surface area (Å²) in [6.07, 6.45) is 2.73. The van der Waals surface area contributed by atoms with Crippen LogP contribution in [0, 0.1) is 0 Å². The molecule has 1 heterocycles. The van der Waals surface area contributed by atoms with Crippen LogP contribution in [0.5, 0.6) is 5.88 Å². The summed E-state index contributed by atoms with van der Waals surface area (Å²) in [7, 11) is 1.61. The smallest absolute Gasteiger partial charge is 0.407 e. The molecule has 1 saturated carbocycles. The van der Waals surface area contributed by atoms with Crippen LogP contribution in [0.3, 0.4) is 0 Å². The molecule has 0 saturated heterocycles. The fourth-order valence-electron chi connectivity index (χ4n) is 2.74. The third-order valence-corrected chi connectivity index (χ3v) is 3.75. The number of hydrogen-bond donors (Lipinski definition) is 2. The summed E-state index contributed by atoms with van der Waals surface area (Å²) < 4.78 is 10.5. The van der Waals surface area contributed by atoms with Crippen LogP contribution in [0.25, 0.3) is 0 Å². The summed E-state index contributed by atoms with van der Waals surface area (Å²) in [5.74, 6) is 0.610. The SMILES string of the molecule is COc1cccc(CNC2CCCC2NC(=O)OC(C)(C)C)n1. The molecule has 0 spiro atoms. The maximum atomic E-state index is 11.9.